The Morgan fingerprint density at radius 2 is 2.00 bits per heavy atom. The second-order valence-corrected chi connectivity index (χ2v) is 2.85. The van der Waals surface area contributed by atoms with Crippen molar-refractivity contribution in [2.24, 2.45) is 9.98 Å². The molecule has 74 valence electrons. The number of Topliss-reactive ketones (excluding diaryl/α,β-unsaturated/α-hetero) is 1. The number of ketones is 1. The molecule has 1 aliphatic rings. The van der Waals surface area contributed by atoms with Crippen LogP contribution in [0.2, 0.25) is 0 Å². The number of halogens is 1. The SMILES string of the molecule is O=C1N=CC(C(=O)c2ccccc2F)=N1. The first-order valence-electron chi connectivity index (χ1n) is 4.14. The predicted octanol–water partition coefficient (Wildman–Crippen LogP) is 1.65. The van der Waals surface area contributed by atoms with E-state index >= 15 is 0 Å². The van der Waals surface area contributed by atoms with E-state index in [0.717, 1.165) is 6.21 Å². The fourth-order valence-corrected chi connectivity index (χ4v) is 1.17. The molecule has 0 fully saturated rings. The van der Waals surface area contributed by atoms with Gasteiger partial charge in [-0.2, -0.15) is 9.98 Å². The largest absolute Gasteiger partial charge is 0.367 e. The number of carbonyl (C=O) groups excluding carboxylic acids is 2. The molecule has 0 saturated carbocycles. The molecular weight excluding hydrogens is 199 g/mol. The van der Waals surface area contributed by atoms with Gasteiger partial charge in [-0.15, -0.1) is 0 Å². The standard InChI is InChI=1S/C10H5FN2O2/c11-7-4-2-1-3-6(7)9(14)8-5-12-10(15)13-8/h1-5H. The molecular formula is C10H5FN2O2. The highest BCUT2D eigenvalue weighted by Gasteiger charge is 2.20. The van der Waals surface area contributed by atoms with E-state index in [2.05, 4.69) is 9.98 Å². The lowest BCUT2D eigenvalue weighted by Crippen LogP contribution is -2.15. The number of nitrogens with zero attached hydrogens (tertiary/aromatic N) is 2. The molecule has 15 heavy (non-hydrogen) atoms. The zero-order chi connectivity index (χ0) is 10.8. The first kappa shape index (κ1) is 9.39. The lowest BCUT2D eigenvalue weighted by Gasteiger charge is -1.98. The minimum atomic E-state index is -0.741. The molecule has 0 bridgehead atoms. The summed E-state index contributed by atoms with van der Waals surface area (Å²) < 4.78 is 13.2. The van der Waals surface area contributed by atoms with Gasteiger partial charge in [0.2, 0.25) is 5.78 Å². The van der Waals surface area contributed by atoms with Gasteiger partial charge in [-0.3, -0.25) is 4.79 Å². The van der Waals surface area contributed by atoms with Crippen LogP contribution in [0.3, 0.4) is 0 Å². The number of hydrogen-bond donors (Lipinski definition) is 0. The summed E-state index contributed by atoms with van der Waals surface area (Å²) in [6.45, 7) is 0. The van der Waals surface area contributed by atoms with Crippen molar-refractivity contribution in [1.29, 1.82) is 0 Å². The Balaban J connectivity index is 2.38. The summed E-state index contributed by atoms with van der Waals surface area (Å²) in [5.41, 5.74) is -0.248. The number of amides is 2. The van der Waals surface area contributed by atoms with Crippen LogP contribution in [0.15, 0.2) is 34.3 Å². The Labute approximate surface area is 84.2 Å². The van der Waals surface area contributed by atoms with Crippen molar-refractivity contribution in [1.82, 2.24) is 0 Å². The van der Waals surface area contributed by atoms with Crippen molar-refractivity contribution in [2.45, 2.75) is 0 Å². The van der Waals surface area contributed by atoms with E-state index in [1.165, 1.54) is 24.3 Å². The Morgan fingerprint density at radius 3 is 2.60 bits per heavy atom. The molecule has 2 amide bonds. The monoisotopic (exact) mass is 204 g/mol. The molecule has 1 aliphatic heterocycles. The van der Waals surface area contributed by atoms with Gasteiger partial charge in [0, 0.05) is 0 Å². The summed E-state index contributed by atoms with van der Waals surface area (Å²) in [7, 11) is 0. The van der Waals surface area contributed by atoms with Crippen molar-refractivity contribution < 1.29 is 14.0 Å². The van der Waals surface area contributed by atoms with Crippen LogP contribution >= 0.6 is 0 Å². The van der Waals surface area contributed by atoms with E-state index in [-0.39, 0.29) is 11.3 Å². The van der Waals surface area contributed by atoms with Gasteiger partial charge in [0.1, 0.15) is 11.5 Å². The van der Waals surface area contributed by atoms with Gasteiger partial charge in [0.05, 0.1) is 11.8 Å². The molecule has 1 aromatic carbocycles. The van der Waals surface area contributed by atoms with E-state index in [9.17, 15) is 14.0 Å². The van der Waals surface area contributed by atoms with Crippen LogP contribution in [-0.4, -0.2) is 23.7 Å². The van der Waals surface area contributed by atoms with Gasteiger partial charge in [0.25, 0.3) is 0 Å². The number of benzene rings is 1. The zero-order valence-electron chi connectivity index (χ0n) is 7.48. The first-order valence-corrected chi connectivity index (χ1v) is 4.14. The Kier molecular flexibility index (Phi) is 2.21. The number of hydrogen-bond acceptors (Lipinski definition) is 2. The summed E-state index contributed by atoms with van der Waals surface area (Å²) in [6, 6.07) is 4.76. The Bertz CT molecular complexity index is 506. The fraction of sp³-hybridized carbons (Fsp3) is 0. The maximum atomic E-state index is 13.2. The molecule has 0 N–H and O–H groups in total. The van der Waals surface area contributed by atoms with Crippen LogP contribution in [0.1, 0.15) is 10.4 Å². The highest BCUT2D eigenvalue weighted by atomic mass is 19.1. The smallest absolute Gasteiger partial charge is 0.287 e. The lowest BCUT2D eigenvalue weighted by atomic mass is 10.1. The van der Waals surface area contributed by atoms with Gasteiger partial charge >= 0.3 is 6.03 Å². The van der Waals surface area contributed by atoms with Crippen molar-refractivity contribution in [3.8, 4) is 0 Å². The highest BCUT2D eigenvalue weighted by molar-refractivity contribution is 6.67. The lowest BCUT2D eigenvalue weighted by molar-refractivity contribution is 0.106. The highest BCUT2D eigenvalue weighted by Crippen LogP contribution is 2.09. The Hall–Kier alpha value is -2.17. The van der Waals surface area contributed by atoms with Crippen molar-refractivity contribution in [3.05, 3.63) is 35.6 Å². The summed E-state index contributed by atoms with van der Waals surface area (Å²) in [5, 5.41) is 0. The average molecular weight is 204 g/mol. The van der Waals surface area contributed by atoms with Crippen LogP contribution in [0.4, 0.5) is 9.18 Å². The normalized spacial score (nSPS) is 14.2. The van der Waals surface area contributed by atoms with E-state index in [1.54, 1.807) is 0 Å². The molecule has 5 heteroatoms. The van der Waals surface area contributed by atoms with Crippen molar-refractivity contribution in [2.75, 3.05) is 0 Å². The Morgan fingerprint density at radius 1 is 1.27 bits per heavy atom. The molecule has 0 unspecified atom stereocenters. The van der Waals surface area contributed by atoms with Gasteiger partial charge in [-0.25, -0.2) is 9.18 Å². The summed E-state index contributed by atoms with van der Waals surface area (Å²) in [6.07, 6.45) is 1.04. The molecule has 0 aromatic heterocycles. The third kappa shape index (κ3) is 1.71. The van der Waals surface area contributed by atoms with E-state index < -0.39 is 17.6 Å². The topological polar surface area (TPSA) is 58.9 Å². The summed E-state index contributed by atoms with van der Waals surface area (Å²) in [4.78, 5) is 28.9. The van der Waals surface area contributed by atoms with E-state index in [4.69, 9.17) is 0 Å². The number of urea groups is 1. The van der Waals surface area contributed by atoms with Crippen LogP contribution in [0.5, 0.6) is 0 Å². The van der Waals surface area contributed by atoms with E-state index in [0.29, 0.717) is 0 Å². The minimum Gasteiger partial charge on any atom is -0.287 e. The molecule has 0 radical (unpaired) electrons. The number of carbonyl (C=O) groups is 2. The quantitative estimate of drug-likeness (QED) is 0.687. The van der Waals surface area contributed by atoms with E-state index in [1.807, 2.05) is 0 Å². The van der Waals surface area contributed by atoms with Crippen LogP contribution in [0.25, 0.3) is 0 Å². The predicted molar refractivity (Wildman–Crippen MR) is 52.1 cm³/mol. The molecule has 4 nitrogen and oxygen atoms in total. The zero-order valence-corrected chi connectivity index (χ0v) is 7.48. The maximum absolute atomic E-state index is 13.2. The van der Waals surface area contributed by atoms with Gasteiger partial charge in [-0.05, 0) is 12.1 Å². The molecule has 0 spiro atoms. The van der Waals surface area contributed by atoms with Crippen LogP contribution < -0.4 is 0 Å². The van der Waals surface area contributed by atoms with Gasteiger partial charge < -0.3 is 0 Å². The first-order chi connectivity index (χ1) is 7.18. The van der Waals surface area contributed by atoms with Crippen molar-refractivity contribution in [3.63, 3.8) is 0 Å². The maximum Gasteiger partial charge on any atom is 0.367 e. The van der Waals surface area contributed by atoms with Crippen molar-refractivity contribution >= 4 is 23.7 Å². The van der Waals surface area contributed by atoms with Gasteiger partial charge in [0.15, 0.2) is 0 Å². The van der Waals surface area contributed by atoms with Gasteiger partial charge in [-0.1, -0.05) is 12.1 Å². The third-order valence-corrected chi connectivity index (χ3v) is 1.86. The molecule has 0 atom stereocenters. The second-order valence-electron chi connectivity index (χ2n) is 2.85. The number of aliphatic imine (C=N–C) groups is 2. The molecule has 0 saturated heterocycles. The third-order valence-electron chi connectivity index (χ3n) is 1.86. The summed E-state index contributed by atoms with van der Waals surface area (Å²) in [5.74, 6) is -1.28. The fourth-order valence-electron chi connectivity index (χ4n) is 1.17. The molecule has 0 aliphatic carbocycles. The van der Waals surface area contributed by atoms with Crippen LogP contribution in [-0.2, 0) is 0 Å². The average Bonchev–Trinajstić information content (AvgIpc) is 2.65. The summed E-state index contributed by atoms with van der Waals surface area (Å²) >= 11 is 0. The van der Waals surface area contributed by atoms with Crippen LogP contribution in [0, 0.1) is 5.82 Å². The second kappa shape index (κ2) is 3.53. The molecule has 2 rings (SSSR count). The minimum absolute atomic E-state index is 0.114. The number of rotatable bonds is 2. The molecule has 1 heterocycles. The molecule has 1 aromatic rings.